The van der Waals surface area contributed by atoms with Gasteiger partial charge in [0.2, 0.25) is 0 Å². The van der Waals surface area contributed by atoms with Crippen molar-refractivity contribution >= 4 is 22.4 Å². The second-order valence-corrected chi connectivity index (χ2v) is 4.55. The van der Waals surface area contributed by atoms with Gasteiger partial charge in [-0.3, -0.25) is 0 Å². The molecule has 0 saturated carbocycles. The lowest BCUT2D eigenvalue weighted by Gasteiger charge is -2.18. The van der Waals surface area contributed by atoms with E-state index in [9.17, 15) is 0 Å². The Bertz CT molecular complexity index is 572. The smallest absolute Gasteiger partial charge is 0.159 e. The molecule has 1 saturated heterocycles. The molecular formula is C13H16N4O. The molecule has 0 spiro atoms. The topological polar surface area (TPSA) is 64.3 Å². The Hall–Kier alpha value is -1.88. The molecule has 1 aromatic heterocycles. The van der Waals surface area contributed by atoms with Gasteiger partial charge in [-0.15, -0.1) is 10.2 Å². The summed E-state index contributed by atoms with van der Waals surface area (Å²) in [6.07, 6.45) is 1.31. The quantitative estimate of drug-likeness (QED) is 0.866. The summed E-state index contributed by atoms with van der Waals surface area (Å²) in [5, 5.41) is 10.3. The zero-order chi connectivity index (χ0) is 12.5. The van der Waals surface area contributed by atoms with E-state index in [1.165, 1.54) is 0 Å². The summed E-state index contributed by atoms with van der Waals surface area (Å²) >= 11 is 0. The van der Waals surface area contributed by atoms with Crippen molar-refractivity contribution in [3.05, 3.63) is 24.3 Å². The lowest BCUT2D eigenvalue weighted by atomic mass is 10.1. The van der Waals surface area contributed by atoms with E-state index < -0.39 is 0 Å². The van der Waals surface area contributed by atoms with Crippen molar-refractivity contribution in [1.82, 2.24) is 10.2 Å². The van der Waals surface area contributed by atoms with Gasteiger partial charge in [-0.1, -0.05) is 24.3 Å². The maximum atomic E-state index is 5.86. The van der Waals surface area contributed by atoms with E-state index in [-0.39, 0.29) is 6.10 Å². The van der Waals surface area contributed by atoms with Gasteiger partial charge < -0.3 is 15.4 Å². The molecule has 3 rings (SSSR count). The Morgan fingerprint density at radius 3 is 2.78 bits per heavy atom. The van der Waals surface area contributed by atoms with E-state index in [4.69, 9.17) is 10.5 Å². The summed E-state index contributed by atoms with van der Waals surface area (Å²) in [6.45, 7) is 1.81. The molecule has 94 valence electrons. The average molecular weight is 244 g/mol. The minimum atomic E-state index is 0.281. The number of anilines is 2. The maximum Gasteiger partial charge on any atom is 0.159 e. The number of methoxy groups -OCH3 is 1. The first-order chi connectivity index (χ1) is 8.79. The summed E-state index contributed by atoms with van der Waals surface area (Å²) < 4.78 is 5.38. The number of fused-ring (bicyclic) bond motifs is 1. The predicted octanol–water partition coefficient (Wildman–Crippen LogP) is 1.44. The van der Waals surface area contributed by atoms with Gasteiger partial charge in [-0.2, -0.15) is 0 Å². The van der Waals surface area contributed by atoms with Crippen LogP contribution in [-0.4, -0.2) is 36.5 Å². The maximum absolute atomic E-state index is 5.86. The number of hydrogen-bond donors (Lipinski definition) is 1. The standard InChI is InChI=1S/C13H16N4O/c1-18-9-6-7-17(8-9)13-11-5-3-2-4-10(11)12(14)15-16-13/h2-5,9H,6-8H2,1H3,(H2,14,15)/t9-/m1/s1. The van der Waals surface area contributed by atoms with Crippen LogP contribution in [0.2, 0.25) is 0 Å². The first kappa shape index (κ1) is 11.2. The van der Waals surface area contributed by atoms with Crippen LogP contribution in [0.5, 0.6) is 0 Å². The van der Waals surface area contributed by atoms with Crippen LogP contribution in [0.25, 0.3) is 10.8 Å². The number of nitrogens with two attached hydrogens (primary N) is 1. The normalized spacial score (nSPS) is 19.6. The Kier molecular flexibility index (Phi) is 2.76. The molecular weight excluding hydrogens is 228 g/mol. The van der Waals surface area contributed by atoms with Gasteiger partial charge in [0.05, 0.1) is 6.10 Å². The molecule has 0 aliphatic carbocycles. The van der Waals surface area contributed by atoms with Crippen molar-refractivity contribution in [1.29, 1.82) is 0 Å². The van der Waals surface area contributed by atoms with Gasteiger partial charge in [0.1, 0.15) is 0 Å². The number of aromatic nitrogens is 2. The molecule has 18 heavy (non-hydrogen) atoms. The molecule has 0 radical (unpaired) electrons. The van der Waals surface area contributed by atoms with E-state index in [0.717, 1.165) is 36.1 Å². The molecule has 1 aromatic carbocycles. The van der Waals surface area contributed by atoms with Crippen LogP contribution >= 0.6 is 0 Å². The van der Waals surface area contributed by atoms with Crippen molar-refractivity contribution in [2.75, 3.05) is 30.8 Å². The van der Waals surface area contributed by atoms with E-state index in [1.807, 2.05) is 24.3 Å². The van der Waals surface area contributed by atoms with Crippen LogP contribution in [0.15, 0.2) is 24.3 Å². The molecule has 1 fully saturated rings. The largest absolute Gasteiger partial charge is 0.382 e. The molecule has 1 aliphatic rings. The monoisotopic (exact) mass is 244 g/mol. The number of ether oxygens (including phenoxy) is 1. The Labute approximate surface area is 106 Å². The molecule has 5 nitrogen and oxygen atoms in total. The summed E-state index contributed by atoms with van der Waals surface area (Å²) in [5.41, 5.74) is 5.86. The van der Waals surface area contributed by atoms with Gasteiger partial charge in [0.15, 0.2) is 11.6 Å². The Morgan fingerprint density at radius 2 is 2.06 bits per heavy atom. The highest BCUT2D eigenvalue weighted by Gasteiger charge is 2.25. The van der Waals surface area contributed by atoms with E-state index >= 15 is 0 Å². The van der Waals surface area contributed by atoms with Crippen molar-refractivity contribution in [3.8, 4) is 0 Å². The molecule has 1 atom stereocenters. The molecule has 2 heterocycles. The van der Waals surface area contributed by atoms with Crippen LogP contribution in [0.1, 0.15) is 6.42 Å². The van der Waals surface area contributed by atoms with Crippen molar-refractivity contribution < 1.29 is 4.74 Å². The first-order valence-corrected chi connectivity index (χ1v) is 6.08. The number of nitrogen functional groups attached to an aromatic ring is 1. The molecule has 0 amide bonds. The molecule has 2 aromatic rings. The molecule has 0 bridgehead atoms. The van der Waals surface area contributed by atoms with Crippen LogP contribution in [0.3, 0.4) is 0 Å². The lowest BCUT2D eigenvalue weighted by molar-refractivity contribution is 0.121. The summed E-state index contributed by atoms with van der Waals surface area (Å²) in [6, 6.07) is 7.98. The third-order valence-corrected chi connectivity index (χ3v) is 3.47. The molecule has 2 N–H and O–H groups in total. The lowest BCUT2D eigenvalue weighted by Crippen LogP contribution is -2.23. The third-order valence-electron chi connectivity index (χ3n) is 3.47. The Balaban J connectivity index is 2.05. The summed E-state index contributed by atoms with van der Waals surface area (Å²) in [7, 11) is 1.75. The highest BCUT2D eigenvalue weighted by Crippen LogP contribution is 2.29. The highest BCUT2D eigenvalue weighted by atomic mass is 16.5. The minimum absolute atomic E-state index is 0.281. The molecule has 1 aliphatic heterocycles. The van der Waals surface area contributed by atoms with Crippen LogP contribution in [-0.2, 0) is 4.74 Å². The summed E-state index contributed by atoms with van der Waals surface area (Å²) in [5.74, 6) is 1.39. The SMILES string of the molecule is CO[C@@H]1CCN(c2nnc(N)c3ccccc23)C1. The van der Waals surface area contributed by atoms with E-state index in [2.05, 4.69) is 15.1 Å². The van der Waals surface area contributed by atoms with E-state index in [1.54, 1.807) is 7.11 Å². The summed E-state index contributed by atoms with van der Waals surface area (Å²) in [4.78, 5) is 2.21. The van der Waals surface area contributed by atoms with Gasteiger partial charge in [-0.05, 0) is 6.42 Å². The fraction of sp³-hybridized carbons (Fsp3) is 0.385. The van der Waals surface area contributed by atoms with Gasteiger partial charge in [-0.25, -0.2) is 0 Å². The van der Waals surface area contributed by atoms with Crippen molar-refractivity contribution in [3.63, 3.8) is 0 Å². The minimum Gasteiger partial charge on any atom is -0.382 e. The number of hydrogen-bond acceptors (Lipinski definition) is 5. The fourth-order valence-corrected chi connectivity index (χ4v) is 2.46. The molecule has 0 unspecified atom stereocenters. The Morgan fingerprint density at radius 1 is 1.28 bits per heavy atom. The zero-order valence-corrected chi connectivity index (χ0v) is 10.3. The van der Waals surface area contributed by atoms with E-state index in [0.29, 0.717) is 5.82 Å². The second-order valence-electron chi connectivity index (χ2n) is 4.55. The van der Waals surface area contributed by atoms with Crippen LogP contribution < -0.4 is 10.6 Å². The highest BCUT2D eigenvalue weighted by molar-refractivity contribution is 5.97. The second kappa shape index (κ2) is 4.42. The zero-order valence-electron chi connectivity index (χ0n) is 10.3. The first-order valence-electron chi connectivity index (χ1n) is 6.08. The van der Waals surface area contributed by atoms with Gasteiger partial charge in [0, 0.05) is 31.0 Å². The third kappa shape index (κ3) is 1.76. The van der Waals surface area contributed by atoms with Crippen molar-refractivity contribution in [2.45, 2.75) is 12.5 Å². The number of nitrogens with zero attached hydrogens (tertiary/aromatic N) is 3. The van der Waals surface area contributed by atoms with Crippen LogP contribution in [0.4, 0.5) is 11.6 Å². The van der Waals surface area contributed by atoms with Gasteiger partial charge in [0.25, 0.3) is 0 Å². The fourth-order valence-electron chi connectivity index (χ4n) is 2.46. The predicted molar refractivity (Wildman–Crippen MR) is 71.6 cm³/mol. The molecule has 5 heteroatoms. The average Bonchev–Trinajstić information content (AvgIpc) is 2.88. The number of benzene rings is 1. The van der Waals surface area contributed by atoms with Gasteiger partial charge >= 0.3 is 0 Å². The van der Waals surface area contributed by atoms with Crippen LogP contribution in [0, 0.1) is 0 Å². The van der Waals surface area contributed by atoms with Crippen molar-refractivity contribution in [2.24, 2.45) is 0 Å². The number of rotatable bonds is 2.